The van der Waals surface area contributed by atoms with Crippen molar-refractivity contribution in [3.8, 4) is 0 Å². The van der Waals surface area contributed by atoms with E-state index in [1.165, 1.54) is 16.1 Å². The molecule has 1 heterocycles. The number of hydrogen-bond acceptors (Lipinski definition) is 3. The largest absolute Gasteiger partial charge is 0.356 e. The van der Waals surface area contributed by atoms with Crippen molar-refractivity contribution in [1.29, 1.82) is 0 Å². The van der Waals surface area contributed by atoms with Gasteiger partial charge in [0, 0.05) is 38.3 Å². The van der Waals surface area contributed by atoms with Crippen molar-refractivity contribution in [2.45, 2.75) is 39.7 Å². The van der Waals surface area contributed by atoms with Crippen LogP contribution in [0.5, 0.6) is 0 Å². The third kappa shape index (κ3) is 5.96. The van der Waals surface area contributed by atoms with Gasteiger partial charge in [-0.25, -0.2) is 4.98 Å². The standard InChI is InChI=1S/C19H28N4S/c1-15-8-10-17(11-9-15)13-23(4)19(20-3)21-12-6-5-7-18-22-16(2)14-24-18/h8-11,14H,5-7,12-13H2,1-4H3,(H,20,21). The van der Waals surface area contributed by atoms with Crippen LogP contribution in [-0.4, -0.2) is 36.5 Å². The molecule has 0 aliphatic carbocycles. The summed E-state index contributed by atoms with van der Waals surface area (Å²) in [6.45, 7) is 5.96. The van der Waals surface area contributed by atoms with E-state index < -0.39 is 0 Å². The van der Waals surface area contributed by atoms with Gasteiger partial charge in [0.15, 0.2) is 5.96 Å². The van der Waals surface area contributed by atoms with Crippen molar-refractivity contribution >= 4 is 17.3 Å². The zero-order chi connectivity index (χ0) is 17.4. The Bertz CT molecular complexity index is 646. The number of guanidine groups is 1. The molecule has 0 aliphatic heterocycles. The summed E-state index contributed by atoms with van der Waals surface area (Å²) >= 11 is 1.76. The molecule has 1 aromatic carbocycles. The number of unbranched alkanes of at least 4 members (excludes halogenated alkanes) is 1. The lowest BCUT2D eigenvalue weighted by Crippen LogP contribution is -2.38. The summed E-state index contributed by atoms with van der Waals surface area (Å²) in [4.78, 5) is 11.1. The second-order valence-corrected chi connectivity index (χ2v) is 7.10. The van der Waals surface area contributed by atoms with Crippen LogP contribution in [0.3, 0.4) is 0 Å². The third-order valence-electron chi connectivity index (χ3n) is 3.88. The molecule has 0 amide bonds. The average molecular weight is 345 g/mol. The lowest BCUT2D eigenvalue weighted by atomic mass is 10.1. The number of nitrogens with zero attached hydrogens (tertiary/aromatic N) is 3. The van der Waals surface area contributed by atoms with E-state index in [9.17, 15) is 0 Å². The van der Waals surface area contributed by atoms with E-state index in [0.717, 1.165) is 44.0 Å². The fourth-order valence-corrected chi connectivity index (χ4v) is 3.36. The van der Waals surface area contributed by atoms with Crippen molar-refractivity contribution in [2.75, 3.05) is 20.6 Å². The zero-order valence-electron chi connectivity index (χ0n) is 15.2. The minimum Gasteiger partial charge on any atom is -0.356 e. The van der Waals surface area contributed by atoms with Gasteiger partial charge < -0.3 is 10.2 Å². The first kappa shape index (κ1) is 18.5. The lowest BCUT2D eigenvalue weighted by Gasteiger charge is -2.22. The molecular weight excluding hydrogens is 316 g/mol. The Labute approximate surface area is 149 Å². The summed E-state index contributed by atoms with van der Waals surface area (Å²) in [7, 11) is 3.92. The number of thiazole rings is 1. The van der Waals surface area contributed by atoms with Crippen molar-refractivity contribution in [1.82, 2.24) is 15.2 Å². The van der Waals surface area contributed by atoms with E-state index in [1.54, 1.807) is 11.3 Å². The molecule has 5 heteroatoms. The molecule has 0 radical (unpaired) electrons. The van der Waals surface area contributed by atoms with Crippen LogP contribution in [0.15, 0.2) is 34.6 Å². The Morgan fingerprint density at radius 1 is 1.21 bits per heavy atom. The predicted molar refractivity (Wildman–Crippen MR) is 104 cm³/mol. The number of aryl methyl sites for hydroxylation is 3. The van der Waals surface area contributed by atoms with Gasteiger partial charge in [-0.05, 0) is 38.7 Å². The number of hydrogen-bond donors (Lipinski definition) is 1. The molecule has 2 aromatic rings. The van der Waals surface area contributed by atoms with Gasteiger partial charge in [-0.1, -0.05) is 29.8 Å². The van der Waals surface area contributed by atoms with E-state index in [0.29, 0.717) is 0 Å². The molecule has 0 saturated carbocycles. The maximum Gasteiger partial charge on any atom is 0.193 e. The smallest absolute Gasteiger partial charge is 0.193 e. The molecule has 0 spiro atoms. The molecule has 0 bridgehead atoms. The van der Waals surface area contributed by atoms with Crippen LogP contribution in [0.25, 0.3) is 0 Å². The maximum atomic E-state index is 4.51. The number of nitrogens with one attached hydrogen (secondary N) is 1. The summed E-state index contributed by atoms with van der Waals surface area (Å²) in [6.07, 6.45) is 3.34. The van der Waals surface area contributed by atoms with Gasteiger partial charge in [0.2, 0.25) is 0 Å². The van der Waals surface area contributed by atoms with E-state index in [1.807, 2.05) is 7.05 Å². The zero-order valence-corrected chi connectivity index (χ0v) is 16.0. The summed E-state index contributed by atoms with van der Waals surface area (Å²) in [5.41, 5.74) is 3.72. The number of rotatable bonds is 7. The van der Waals surface area contributed by atoms with Crippen molar-refractivity contribution in [3.05, 3.63) is 51.5 Å². The summed E-state index contributed by atoms with van der Waals surface area (Å²) < 4.78 is 0. The lowest BCUT2D eigenvalue weighted by molar-refractivity contribution is 0.475. The topological polar surface area (TPSA) is 40.5 Å². The Balaban J connectivity index is 1.70. The van der Waals surface area contributed by atoms with E-state index >= 15 is 0 Å². The first-order valence-electron chi connectivity index (χ1n) is 8.47. The highest BCUT2D eigenvalue weighted by molar-refractivity contribution is 7.09. The SMILES string of the molecule is CN=C(NCCCCc1nc(C)cs1)N(C)Cc1ccc(C)cc1. The fraction of sp³-hybridized carbons (Fsp3) is 0.474. The molecule has 0 fully saturated rings. The minimum atomic E-state index is 0.859. The molecule has 4 nitrogen and oxygen atoms in total. The molecule has 130 valence electrons. The van der Waals surface area contributed by atoms with Crippen LogP contribution in [0.2, 0.25) is 0 Å². The molecule has 24 heavy (non-hydrogen) atoms. The molecule has 1 N–H and O–H groups in total. The molecule has 1 aromatic heterocycles. The van der Waals surface area contributed by atoms with E-state index in [4.69, 9.17) is 0 Å². The first-order valence-corrected chi connectivity index (χ1v) is 9.35. The van der Waals surface area contributed by atoms with Crippen molar-refractivity contribution in [2.24, 2.45) is 4.99 Å². The van der Waals surface area contributed by atoms with Gasteiger partial charge in [-0.2, -0.15) is 0 Å². The predicted octanol–water partition coefficient (Wildman–Crippen LogP) is 3.79. The quantitative estimate of drug-likeness (QED) is 0.472. The second kappa shape index (κ2) is 9.42. The average Bonchev–Trinajstić information content (AvgIpc) is 2.98. The van der Waals surface area contributed by atoms with Gasteiger partial charge in [0.1, 0.15) is 0 Å². The van der Waals surface area contributed by atoms with Crippen molar-refractivity contribution in [3.63, 3.8) is 0 Å². The Morgan fingerprint density at radius 2 is 1.96 bits per heavy atom. The maximum absolute atomic E-state index is 4.51. The Kier molecular flexibility index (Phi) is 7.25. The van der Waals surface area contributed by atoms with Crippen LogP contribution >= 0.6 is 11.3 Å². The van der Waals surface area contributed by atoms with Crippen LogP contribution in [0.1, 0.15) is 34.7 Å². The minimum absolute atomic E-state index is 0.859. The van der Waals surface area contributed by atoms with E-state index in [2.05, 4.69) is 70.7 Å². The van der Waals surface area contributed by atoms with Crippen LogP contribution in [0, 0.1) is 13.8 Å². The van der Waals surface area contributed by atoms with Gasteiger partial charge in [-0.15, -0.1) is 11.3 Å². The molecule has 0 unspecified atom stereocenters. The third-order valence-corrected chi connectivity index (χ3v) is 4.91. The molecule has 0 aliphatic rings. The summed E-state index contributed by atoms with van der Waals surface area (Å²) in [6, 6.07) is 8.66. The van der Waals surface area contributed by atoms with Crippen LogP contribution < -0.4 is 5.32 Å². The summed E-state index contributed by atoms with van der Waals surface area (Å²) in [5, 5.41) is 6.82. The number of benzene rings is 1. The highest BCUT2D eigenvalue weighted by Crippen LogP contribution is 2.11. The Hall–Kier alpha value is -1.88. The molecule has 0 saturated heterocycles. The van der Waals surface area contributed by atoms with Crippen molar-refractivity contribution < 1.29 is 0 Å². The highest BCUT2D eigenvalue weighted by atomic mass is 32.1. The Morgan fingerprint density at radius 3 is 2.58 bits per heavy atom. The number of aliphatic imine (C=N–C) groups is 1. The summed E-state index contributed by atoms with van der Waals surface area (Å²) in [5.74, 6) is 0.945. The fourth-order valence-electron chi connectivity index (χ4n) is 2.55. The second-order valence-electron chi connectivity index (χ2n) is 6.16. The molecule has 0 atom stereocenters. The van der Waals surface area contributed by atoms with Crippen LogP contribution in [-0.2, 0) is 13.0 Å². The van der Waals surface area contributed by atoms with Gasteiger partial charge >= 0.3 is 0 Å². The molecule has 2 rings (SSSR count). The van der Waals surface area contributed by atoms with Gasteiger partial charge in [-0.3, -0.25) is 4.99 Å². The normalized spacial score (nSPS) is 11.6. The number of aromatic nitrogens is 1. The first-order chi connectivity index (χ1) is 11.6. The van der Waals surface area contributed by atoms with Crippen LogP contribution in [0.4, 0.5) is 0 Å². The monoisotopic (exact) mass is 344 g/mol. The molecular formula is C19H28N4S. The van der Waals surface area contributed by atoms with E-state index in [-0.39, 0.29) is 0 Å². The van der Waals surface area contributed by atoms with Gasteiger partial charge in [0.25, 0.3) is 0 Å². The van der Waals surface area contributed by atoms with Gasteiger partial charge in [0.05, 0.1) is 5.01 Å². The highest BCUT2D eigenvalue weighted by Gasteiger charge is 2.06.